The number of nitrogens with zero attached hydrogens (tertiary/aromatic N) is 5. The maximum absolute atomic E-state index is 6.65. The molecular weight excluding hydrogens is 771 g/mol. The molecule has 4 heterocycles. The topological polar surface area (TPSA) is 61.7 Å². The standard InChI is InChI=1S/C57H43N5O/c1-56(2)30-31-57(3,4)44-33-46-42(32-43(44)56)49-38-24-12-11-23-37(38)48-40-25-13-15-28-45(40)61(35-20-9-6-10-21-35)50(48)51(49)62(46)55-59-53(34-18-7-5-8-19-34)58-54(60-55)41-27-17-26-39-36-22-14-16-29-47(36)63-52(39)41/h5-29,32-33H,30-31H2,1-4H3. The van der Waals surface area contributed by atoms with Crippen LogP contribution in [0.15, 0.2) is 168 Å². The molecule has 63 heavy (non-hydrogen) atoms. The first-order valence-corrected chi connectivity index (χ1v) is 22.0. The predicted molar refractivity (Wildman–Crippen MR) is 259 cm³/mol. The predicted octanol–water partition coefficient (Wildman–Crippen LogP) is 14.8. The van der Waals surface area contributed by atoms with Crippen LogP contribution in [0.3, 0.4) is 0 Å². The Morgan fingerprint density at radius 2 is 1.03 bits per heavy atom. The average molecular weight is 814 g/mol. The van der Waals surface area contributed by atoms with E-state index < -0.39 is 0 Å². The normalized spacial score (nSPS) is 14.8. The minimum atomic E-state index is -0.0347. The van der Waals surface area contributed by atoms with Crippen molar-refractivity contribution in [2.45, 2.75) is 51.4 Å². The Hall–Kier alpha value is -7.57. The summed E-state index contributed by atoms with van der Waals surface area (Å²) in [6, 6.07) is 58.3. The molecule has 6 nitrogen and oxygen atoms in total. The van der Waals surface area contributed by atoms with E-state index in [0.29, 0.717) is 17.6 Å². The molecule has 302 valence electrons. The summed E-state index contributed by atoms with van der Waals surface area (Å²) in [6.45, 7) is 9.64. The first kappa shape index (κ1) is 36.1. The van der Waals surface area contributed by atoms with Crippen molar-refractivity contribution in [1.29, 1.82) is 0 Å². The zero-order chi connectivity index (χ0) is 42.2. The van der Waals surface area contributed by atoms with E-state index in [1.54, 1.807) is 0 Å². The van der Waals surface area contributed by atoms with E-state index in [2.05, 4.69) is 170 Å². The molecule has 1 aliphatic carbocycles. The second-order valence-corrected chi connectivity index (χ2v) is 18.6. The second-order valence-electron chi connectivity index (χ2n) is 18.6. The fraction of sp³-hybridized carbons (Fsp3) is 0.140. The molecule has 1 aliphatic rings. The van der Waals surface area contributed by atoms with E-state index in [1.807, 2.05) is 30.3 Å². The number of benzene rings is 8. The van der Waals surface area contributed by atoms with Crippen molar-refractivity contribution < 1.29 is 4.42 Å². The third kappa shape index (κ3) is 5.15. The molecule has 0 unspecified atom stereocenters. The third-order valence-corrected chi connectivity index (χ3v) is 14.0. The Morgan fingerprint density at radius 3 is 1.78 bits per heavy atom. The molecule has 0 radical (unpaired) electrons. The van der Waals surface area contributed by atoms with Gasteiger partial charge in [0.2, 0.25) is 5.95 Å². The lowest BCUT2D eigenvalue weighted by atomic mass is 9.63. The van der Waals surface area contributed by atoms with E-state index in [4.69, 9.17) is 19.4 Å². The minimum absolute atomic E-state index is 0.00160. The SMILES string of the molecule is CC1(C)CCC(C)(C)c2cc3c(cc21)c1c2ccccc2c2c4ccccc4n(-c4ccccc4)c2c1n3-c1nc(-c2ccccc2)nc(-c2cccc3c2oc2ccccc23)n1. The van der Waals surface area contributed by atoms with Crippen molar-refractivity contribution in [3.63, 3.8) is 0 Å². The Labute approximate surface area is 364 Å². The van der Waals surface area contributed by atoms with Crippen molar-refractivity contribution in [1.82, 2.24) is 24.1 Å². The zero-order valence-electron chi connectivity index (χ0n) is 35.6. The van der Waals surface area contributed by atoms with Gasteiger partial charge in [-0.1, -0.05) is 149 Å². The molecular formula is C57H43N5O. The van der Waals surface area contributed by atoms with Gasteiger partial charge in [-0.15, -0.1) is 0 Å². The van der Waals surface area contributed by atoms with Crippen molar-refractivity contribution >= 4 is 76.3 Å². The van der Waals surface area contributed by atoms with Gasteiger partial charge in [-0.05, 0) is 88.0 Å². The number of fused-ring (bicyclic) bond motifs is 14. The number of hydrogen-bond donors (Lipinski definition) is 0. The summed E-state index contributed by atoms with van der Waals surface area (Å²) in [5.41, 5.74) is 11.6. The van der Waals surface area contributed by atoms with Gasteiger partial charge in [0.15, 0.2) is 11.6 Å². The van der Waals surface area contributed by atoms with Crippen LogP contribution in [-0.2, 0) is 10.8 Å². The van der Waals surface area contributed by atoms with Gasteiger partial charge in [0.1, 0.15) is 11.2 Å². The first-order valence-electron chi connectivity index (χ1n) is 22.0. The number of aromatic nitrogens is 5. The van der Waals surface area contributed by atoms with E-state index in [1.165, 1.54) is 43.4 Å². The van der Waals surface area contributed by atoms with Gasteiger partial charge >= 0.3 is 0 Å². The van der Waals surface area contributed by atoms with Crippen molar-refractivity contribution in [2.75, 3.05) is 0 Å². The summed E-state index contributed by atoms with van der Waals surface area (Å²) in [5, 5.41) is 9.31. The lowest BCUT2D eigenvalue weighted by molar-refractivity contribution is 0.332. The highest BCUT2D eigenvalue weighted by Gasteiger charge is 2.38. The summed E-state index contributed by atoms with van der Waals surface area (Å²) in [6.07, 6.45) is 2.22. The minimum Gasteiger partial charge on any atom is -0.455 e. The molecule has 0 saturated carbocycles. The molecule has 8 aromatic carbocycles. The monoisotopic (exact) mass is 813 g/mol. The Balaban J connectivity index is 1.27. The van der Waals surface area contributed by atoms with Crippen molar-refractivity contribution in [3.05, 3.63) is 175 Å². The molecule has 0 spiro atoms. The van der Waals surface area contributed by atoms with Crippen LogP contribution >= 0.6 is 0 Å². The summed E-state index contributed by atoms with van der Waals surface area (Å²) in [5.74, 6) is 1.71. The molecule has 0 bridgehead atoms. The highest BCUT2D eigenvalue weighted by molar-refractivity contribution is 6.36. The van der Waals surface area contributed by atoms with Gasteiger partial charge < -0.3 is 8.98 Å². The molecule has 0 amide bonds. The summed E-state index contributed by atoms with van der Waals surface area (Å²) >= 11 is 0. The second kappa shape index (κ2) is 13.0. The summed E-state index contributed by atoms with van der Waals surface area (Å²) < 4.78 is 11.5. The molecule has 6 heteroatoms. The molecule has 0 saturated heterocycles. The fourth-order valence-corrected chi connectivity index (χ4v) is 10.8. The lowest BCUT2D eigenvalue weighted by Gasteiger charge is -2.42. The molecule has 0 atom stereocenters. The van der Waals surface area contributed by atoms with E-state index in [-0.39, 0.29) is 10.8 Å². The molecule has 0 N–H and O–H groups in total. The van der Waals surface area contributed by atoms with E-state index >= 15 is 0 Å². The van der Waals surface area contributed by atoms with Crippen LogP contribution in [0.4, 0.5) is 0 Å². The smallest absolute Gasteiger partial charge is 0.238 e. The molecule has 4 aromatic heterocycles. The highest BCUT2D eigenvalue weighted by atomic mass is 16.3. The van der Waals surface area contributed by atoms with Crippen LogP contribution in [0, 0.1) is 0 Å². The summed E-state index contributed by atoms with van der Waals surface area (Å²) in [7, 11) is 0. The van der Waals surface area contributed by atoms with Gasteiger partial charge in [0, 0.05) is 43.6 Å². The van der Waals surface area contributed by atoms with Gasteiger partial charge in [-0.3, -0.25) is 4.57 Å². The van der Waals surface area contributed by atoms with Crippen LogP contribution in [-0.4, -0.2) is 24.1 Å². The van der Waals surface area contributed by atoms with Crippen molar-refractivity contribution in [3.8, 4) is 34.4 Å². The summed E-state index contributed by atoms with van der Waals surface area (Å²) in [4.78, 5) is 16.4. The average Bonchev–Trinajstić information content (AvgIpc) is 3.99. The lowest BCUT2D eigenvalue weighted by Crippen LogP contribution is -2.33. The molecule has 0 aliphatic heterocycles. The number of hydrogen-bond acceptors (Lipinski definition) is 4. The van der Waals surface area contributed by atoms with Crippen LogP contribution in [0.25, 0.3) is 111 Å². The van der Waals surface area contributed by atoms with Gasteiger partial charge in [-0.25, -0.2) is 4.98 Å². The van der Waals surface area contributed by atoms with E-state index in [0.717, 1.165) is 73.7 Å². The third-order valence-electron chi connectivity index (χ3n) is 14.0. The quantitative estimate of drug-likeness (QED) is 0.178. The Kier molecular flexibility index (Phi) is 7.44. The zero-order valence-corrected chi connectivity index (χ0v) is 35.6. The maximum Gasteiger partial charge on any atom is 0.238 e. The van der Waals surface area contributed by atoms with Crippen LogP contribution in [0.1, 0.15) is 51.7 Å². The Morgan fingerprint density at radius 1 is 0.460 bits per heavy atom. The maximum atomic E-state index is 6.65. The molecule has 0 fully saturated rings. The van der Waals surface area contributed by atoms with Gasteiger partial charge in [-0.2, -0.15) is 9.97 Å². The van der Waals surface area contributed by atoms with Crippen LogP contribution < -0.4 is 0 Å². The first-order chi connectivity index (χ1) is 30.7. The Bertz CT molecular complexity index is 3850. The van der Waals surface area contributed by atoms with Gasteiger partial charge in [0.05, 0.1) is 27.6 Å². The number of furan rings is 1. The molecule has 12 aromatic rings. The number of rotatable bonds is 4. The van der Waals surface area contributed by atoms with Crippen LogP contribution in [0.2, 0.25) is 0 Å². The fourth-order valence-electron chi connectivity index (χ4n) is 10.8. The van der Waals surface area contributed by atoms with Crippen LogP contribution in [0.5, 0.6) is 0 Å². The van der Waals surface area contributed by atoms with Gasteiger partial charge in [0.25, 0.3) is 0 Å². The largest absolute Gasteiger partial charge is 0.455 e. The van der Waals surface area contributed by atoms with E-state index in [9.17, 15) is 0 Å². The van der Waals surface area contributed by atoms with Crippen molar-refractivity contribution in [2.24, 2.45) is 0 Å². The number of para-hydroxylation sites is 4. The highest BCUT2D eigenvalue weighted by Crippen LogP contribution is 2.51. The molecule has 13 rings (SSSR count).